The number of rotatable bonds is 4. The highest BCUT2D eigenvalue weighted by molar-refractivity contribution is 5.59. The molecule has 1 saturated heterocycles. The highest BCUT2D eigenvalue weighted by Crippen LogP contribution is 2.26. The molecule has 2 heterocycles. The third-order valence-corrected chi connectivity index (χ3v) is 3.80. The maximum absolute atomic E-state index is 8.79. The Kier molecular flexibility index (Phi) is 4.74. The van der Waals surface area contributed by atoms with Gasteiger partial charge in [0.2, 0.25) is 0 Å². The second kappa shape index (κ2) is 7.12. The minimum Gasteiger partial charge on any atom is -0.490 e. The number of nitrogens with zero attached hydrogens (tertiary/aromatic N) is 2. The Labute approximate surface area is 135 Å². The van der Waals surface area contributed by atoms with E-state index in [-0.39, 0.29) is 6.10 Å². The van der Waals surface area contributed by atoms with E-state index < -0.39 is 0 Å². The van der Waals surface area contributed by atoms with Gasteiger partial charge in [-0.3, -0.25) is 0 Å². The van der Waals surface area contributed by atoms with Gasteiger partial charge in [0.1, 0.15) is 23.7 Å². The third-order valence-electron chi connectivity index (χ3n) is 3.80. The first-order valence-electron chi connectivity index (χ1n) is 7.73. The molecule has 1 aromatic carbocycles. The highest BCUT2D eigenvalue weighted by Gasteiger charge is 2.16. The quantitative estimate of drug-likeness (QED) is 0.935. The molecule has 0 spiro atoms. The average Bonchev–Trinajstić information content (AvgIpc) is 2.59. The Balaban J connectivity index is 1.67. The number of anilines is 2. The molecule has 0 saturated carbocycles. The number of hydrogen-bond donors (Lipinski definition) is 1. The predicted molar refractivity (Wildman–Crippen MR) is 87.9 cm³/mol. The monoisotopic (exact) mass is 309 g/mol. The fourth-order valence-corrected chi connectivity index (χ4v) is 2.51. The maximum Gasteiger partial charge on any atom is 0.130 e. The first-order valence-corrected chi connectivity index (χ1v) is 7.73. The van der Waals surface area contributed by atoms with Gasteiger partial charge in [-0.25, -0.2) is 4.98 Å². The molecule has 23 heavy (non-hydrogen) atoms. The van der Waals surface area contributed by atoms with Crippen LogP contribution in [0.25, 0.3) is 0 Å². The Morgan fingerprint density at radius 3 is 2.74 bits per heavy atom. The Morgan fingerprint density at radius 2 is 2.09 bits per heavy atom. The summed E-state index contributed by atoms with van der Waals surface area (Å²) in [4.78, 5) is 4.21. The predicted octanol–water partition coefficient (Wildman–Crippen LogP) is 3.56. The van der Waals surface area contributed by atoms with Crippen LogP contribution in [0.4, 0.5) is 11.5 Å². The van der Waals surface area contributed by atoms with Crippen molar-refractivity contribution in [2.24, 2.45) is 0 Å². The Bertz CT molecular complexity index is 701. The zero-order valence-corrected chi connectivity index (χ0v) is 13.1. The molecule has 2 aromatic rings. The van der Waals surface area contributed by atoms with Crippen molar-refractivity contribution >= 4 is 11.5 Å². The molecule has 3 rings (SSSR count). The lowest BCUT2D eigenvalue weighted by molar-refractivity contribution is 0.0253. The summed E-state index contributed by atoms with van der Waals surface area (Å²) in [6.45, 7) is 3.58. The summed E-state index contributed by atoms with van der Waals surface area (Å²) in [6, 6.07) is 11.6. The molecule has 118 valence electrons. The van der Waals surface area contributed by atoms with Gasteiger partial charge in [-0.2, -0.15) is 5.26 Å². The fraction of sp³-hybridized carbons (Fsp3) is 0.333. The number of ether oxygens (including phenoxy) is 2. The van der Waals surface area contributed by atoms with Crippen molar-refractivity contribution in [3.8, 4) is 11.8 Å². The lowest BCUT2D eigenvalue weighted by Crippen LogP contribution is -2.26. The van der Waals surface area contributed by atoms with Crippen LogP contribution in [0.15, 0.2) is 36.5 Å². The van der Waals surface area contributed by atoms with Gasteiger partial charge in [-0.1, -0.05) is 0 Å². The van der Waals surface area contributed by atoms with Gasteiger partial charge in [0, 0.05) is 24.7 Å². The Morgan fingerprint density at radius 1 is 1.26 bits per heavy atom. The SMILES string of the molecule is Cc1cc(Nc2ccc(C#N)cn2)ccc1OC1CCOCC1. The van der Waals surface area contributed by atoms with Crippen LogP contribution in [0.5, 0.6) is 5.75 Å². The van der Waals surface area contributed by atoms with Crippen molar-refractivity contribution < 1.29 is 9.47 Å². The second-order valence-electron chi connectivity index (χ2n) is 5.58. The number of nitriles is 1. The molecule has 1 fully saturated rings. The lowest BCUT2D eigenvalue weighted by atomic mass is 10.1. The standard InChI is InChI=1S/C18H19N3O2/c1-13-10-15(21-18-5-2-14(11-19)12-20-18)3-4-17(13)23-16-6-8-22-9-7-16/h2-5,10,12,16H,6-9H2,1H3,(H,20,21). The minimum atomic E-state index is 0.237. The molecule has 1 aliphatic rings. The lowest BCUT2D eigenvalue weighted by Gasteiger charge is -2.24. The number of aromatic nitrogens is 1. The van der Waals surface area contributed by atoms with E-state index in [1.807, 2.05) is 25.1 Å². The van der Waals surface area contributed by atoms with Crippen molar-refractivity contribution in [3.63, 3.8) is 0 Å². The largest absolute Gasteiger partial charge is 0.490 e. The summed E-state index contributed by atoms with van der Waals surface area (Å²) in [6.07, 6.45) is 3.67. The number of benzene rings is 1. The van der Waals surface area contributed by atoms with E-state index in [0.717, 1.165) is 43.1 Å². The summed E-state index contributed by atoms with van der Waals surface area (Å²) < 4.78 is 11.4. The molecule has 1 N–H and O–H groups in total. The molecule has 0 unspecified atom stereocenters. The molecule has 5 nitrogen and oxygen atoms in total. The van der Waals surface area contributed by atoms with Gasteiger partial charge in [0.25, 0.3) is 0 Å². The van der Waals surface area contributed by atoms with Gasteiger partial charge in [-0.05, 0) is 42.8 Å². The number of aryl methyl sites for hydroxylation is 1. The van der Waals surface area contributed by atoms with Crippen LogP contribution < -0.4 is 10.1 Å². The normalized spacial score (nSPS) is 15.0. The molecule has 0 bridgehead atoms. The van der Waals surface area contributed by atoms with Crippen LogP contribution in [0.2, 0.25) is 0 Å². The third kappa shape index (κ3) is 3.99. The molecule has 0 atom stereocenters. The van der Waals surface area contributed by atoms with Crippen LogP contribution in [-0.4, -0.2) is 24.3 Å². The first kappa shape index (κ1) is 15.3. The Hall–Kier alpha value is -2.58. The van der Waals surface area contributed by atoms with Gasteiger partial charge in [0.05, 0.1) is 18.8 Å². The highest BCUT2D eigenvalue weighted by atomic mass is 16.5. The summed E-state index contributed by atoms with van der Waals surface area (Å²) in [5.74, 6) is 1.62. The topological polar surface area (TPSA) is 67.2 Å². The molecular formula is C18H19N3O2. The van der Waals surface area contributed by atoms with Crippen molar-refractivity contribution in [2.75, 3.05) is 18.5 Å². The molecule has 0 aliphatic carbocycles. The first-order chi connectivity index (χ1) is 11.2. The van der Waals surface area contributed by atoms with Gasteiger partial charge in [0.15, 0.2) is 0 Å². The fourth-order valence-electron chi connectivity index (χ4n) is 2.51. The van der Waals surface area contributed by atoms with E-state index in [1.54, 1.807) is 18.3 Å². The van der Waals surface area contributed by atoms with Crippen LogP contribution in [0.1, 0.15) is 24.0 Å². The van der Waals surface area contributed by atoms with Crippen LogP contribution in [0.3, 0.4) is 0 Å². The number of hydrogen-bond acceptors (Lipinski definition) is 5. The van der Waals surface area contributed by atoms with E-state index in [0.29, 0.717) is 11.4 Å². The molecular weight excluding hydrogens is 290 g/mol. The van der Waals surface area contributed by atoms with Crippen molar-refractivity contribution in [1.82, 2.24) is 4.98 Å². The van der Waals surface area contributed by atoms with Crippen LogP contribution in [-0.2, 0) is 4.74 Å². The molecule has 1 aliphatic heterocycles. The van der Waals surface area contributed by atoms with Crippen LogP contribution in [0, 0.1) is 18.3 Å². The minimum absolute atomic E-state index is 0.237. The van der Waals surface area contributed by atoms with E-state index >= 15 is 0 Å². The summed E-state index contributed by atoms with van der Waals surface area (Å²) in [7, 11) is 0. The van der Waals surface area contributed by atoms with E-state index in [4.69, 9.17) is 14.7 Å². The average molecular weight is 309 g/mol. The smallest absolute Gasteiger partial charge is 0.130 e. The summed E-state index contributed by atoms with van der Waals surface area (Å²) in [5, 5.41) is 12.0. The summed E-state index contributed by atoms with van der Waals surface area (Å²) >= 11 is 0. The molecule has 0 radical (unpaired) electrons. The number of nitrogens with one attached hydrogen (secondary N) is 1. The molecule has 1 aromatic heterocycles. The van der Waals surface area contributed by atoms with Gasteiger partial charge < -0.3 is 14.8 Å². The van der Waals surface area contributed by atoms with Crippen LogP contribution >= 0.6 is 0 Å². The summed E-state index contributed by atoms with van der Waals surface area (Å²) in [5.41, 5.74) is 2.57. The van der Waals surface area contributed by atoms with E-state index in [1.165, 1.54) is 0 Å². The van der Waals surface area contributed by atoms with E-state index in [2.05, 4.69) is 16.4 Å². The van der Waals surface area contributed by atoms with Gasteiger partial charge in [-0.15, -0.1) is 0 Å². The van der Waals surface area contributed by atoms with Gasteiger partial charge >= 0.3 is 0 Å². The van der Waals surface area contributed by atoms with Crippen molar-refractivity contribution in [2.45, 2.75) is 25.9 Å². The molecule has 0 amide bonds. The number of pyridine rings is 1. The zero-order valence-electron chi connectivity index (χ0n) is 13.1. The molecule has 5 heteroatoms. The van der Waals surface area contributed by atoms with E-state index in [9.17, 15) is 0 Å². The second-order valence-corrected chi connectivity index (χ2v) is 5.58. The maximum atomic E-state index is 8.79. The van der Waals surface area contributed by atoms with Crippen molar-refractivity contribution in [1.29, 1.82) is 5.26 Å². The van der Waals surface area contributed by atoms with Crippen molar-refractivity contribution in [3.05, 3.63) is 47.7 Å². The zero-order chi connectivity index (χ0) is 16.1.